The molecule has 2 heteroatoms. The van der Waals surface area contributed by atoms with Crippen LogP contribution < -0.4 is 0 Å². The molecule has 0 spiro atoms. The van der Waals surface area contributed by atoms with E-state index in [4.69, 9.17) is 16.3 Å². The van der Waals surface area contributed by atoms with Crippen LogP contribution in [0, 0.1) is 5.92 Å². The maximum absolute atomic E-state index is 5.99. The van der Waals surface area contributed by atoms with Gasteiger partial charge in [-0.05, 0) is 79.7 Å². The molecule has 0 heterocycles. The van der Waals surface area contributed by atoms with Gasteiger partial charge in [-0.15, -0.1) is 0 Å². The smallest absolute Gasteiger partial charge is 0.0465 e. The fraction of sp³-hybridized carbons (Fsp3) is 0.500. The van der Waals surface area contributed by atoms with Crippen molar-refractivity contribution in [2.24, 2.45) is 5.92 Å². The number of ether oxygens (including phenoxy) is 1. The molecule has 0 atom stereocenters. The molecule has 2 aromatic carbocycles. The Balaban J connectivity index is 1.46. The van der Waals surface area contributed by atoms with E-state index < -0.39 is 0 Å². The van der Waals surface area contributed by atoms with E-state index >= 15 is 0 Å². The van der Waals surface area contributed by atoms with E-state index in [1.54, 1.807) is 0 Å². The lowest BCUT2D eigenvalue weighted by atomic mass is 9.77. The lowest BCUT2D eigenvalue weighted by Gasteiger charge is -2.29. The zero-order valence-electron chi connectivity index (χ0n) is 15.9. The highest BCUT2D eigenvalue weighted by Crippen LogP contribution is 2.38. The molecule has 2 aromatic rings. The highest BCUT2D eigenvalue weighted by molar-refractivity contribution is 6.30. The number of hydrogen-bond donors (Lipinski definition) is 0. The molecule has 140 valence electrons. The summed E-state index contributed by atoms with van der Waals surface area (Å²) >= 11 is 5.99. The number of rotatable bonds is 8. The van der Waals surface area contributed by atoms with Crippen LogP contribution in [0.25, 0.3) is 11.1 Å². The molecule has 0 aliphatic heterocycles. The first-order chi connectivity index (χ1) is 12.8. The fourth-order valence-electron chi connectivity index (χ4n) is 4.16. The van der Waals surface area contributed by atoms with Crippen molar-refractivity contribution in [1.29, 1.82) is 0 Å². The van der Waals surface area contributed by atoms with Crippen molar-refractivity contribution in [3.8, 4) is 11.1 Å². The quantitative estimate of drug-likeness (QED) is 0.437. The maximum Gasteiger partial charge on any atom is 0.0465 e. The van der Waals surface area contributed by atoms with Gasteiger partial charge in [0.05, 0.1) is 0 Å². The summed E-state index contributed by atoms with van der Waals surface area (Å²) in [6, 6.07) is 17.3. The van der Waals surface area contributed by atoms with E-state index in [0.29, 0.717) is 0 Å². The van der Waals surface area contributed by atoms with Crippen LogP contribution in [0.1, 0.15) is 63.4 Å². The first kappa shape index (κ1) is 19.5. The van der Waals surface area contributed by atoms with Crippen LogP contribution in [0.3, 0.4) is 0 Å². The molecule has 0 saturated heterocycles. The van der Waals surface area contributed by atoms with Crippen molar-refractivity contribution in [3.05, 3.63) is 59.1 Å². The second-order valence-corrected chi connectivity index (χ2v) is 7.98. The summed E-state index contributed by atoms with van der Waals surface area (Å²) in [6.45, 7) is 3.86. The third kappa shape index (κ3) is 5.59. The van der Waals surface area contributed by atoms with Gasteiger partial charge < -0.3 is 4.74 Å². The first-order valence-electron chi connectivity index (χ1n) is 10.2. The van der Waals surface area contributed by atoms with Gasteiger partial charge in [0.2, 0.25) is 0 Å². The Bertz CT molecular complexity index is 639. The van der Waals surface area contributed by atoms with E-state index in [1.165, 1.54) is 61.6 Å². The minimum absolute atomic E-state index is 0.744. The van der Waals surface area contributed by atoms with Crippen LogP contribution in [0.15, 0.2) is 48.5 Å². The molecule has 0 unspecified atom stereocenters. The number of unbranched alkanes of at least 4 members (excludes halogenated alkanes) is 1. The minimum atomic E-state index is 0.744. The Hall–Kier alpha value is -1.31. The van der Waals surface area contributed by atoms with Gasteiger partial charge in [-0.3, -0.25) is 0 Å². The maximum atomic E-state index is 5.99. The molecule has 0 N–H and O–H groups in total. The summed E-state index contributed by atoms with van der Waals surface area (Å²) in [5.41, 5.74) is 4.02. The fourth-order valence-corrected chi connectivity index (χ4v) is 4.28. The third-order valence-electron chi connectivity index (χ3n) is 5.76. The molecular formula is C24H31ClO. The van der Waals surface area contributed by atoms with Crippen molar-refractivity contribution in [1.82, 2.24) is 0 Å². The number of halogens is 1. The largest absolute Gasteiger partial charge is 0.382 e. The van der Waals surface area contributed by atoms with E-state index in [-0.39, 0.29) is 0 Å². The molecule has 0 radical (unpaired) electrons. The molecule has 1 aliphatic rings. The van der Waals surface area contributed by atoms with Crippen LogP contribution in [0.4, 0.5) is 0 Å². The summed E-state index contributed by atoms with van der Waals surface area (Å²) in [5.74, 6) is 1.68. The predicted molar refractivity (Wildman–Crippen MR) is 112 cm³/mol. The van der Waals surface area contributed by atoms with Gasteiger partial charge in [-0.1, -0.05) is 60.8 Å². The van der Waals surface area contributed by atoms with Crippen molar-refractivity contribution in [2.45, 2.75) is 57.8 Å². The summed E-state index contributed by atoms with van der Waals surface area (Å²) in [5, 5.41) is 0.792. The second kappa shape index (κ2) is 10.1. The van der Waals surface area contributed by atoms with Gasteiger partial charge in [-0.25, -0.2) is 0 Å². The number of benzene rings is 2. The lowest BCUT2D eigenvalue weighted by Crippen LogP contribution is -2.13. The molecule has 0 amide bonds. The SMILES string of the molecule is CCOCCCCC1CCC(c2ccc(-c3ccc(Cl)cc3)cc2)CC1. The summed E-state index contributed by atoms with van der Waals surface area (Å²) in [7, 11) is 0. The summed E-state index contributed by atoms with van der Waals surface area (Å²) < 4.78 is 5.44. The van der Waals surface area contributed by atoms with E-state index in [1.807, 2.05) is 12.1 Å². The van der Waals surface area contributed by atoms with Gasteiger partial charge in [-0.2, -0.15) is 0 Å². The molecule has 0 bridgehead atoms. The van der Waals surface area contributed by atoms with E-state index in [9.17, 15) is 0 Å². The molecular weight excluding hydrogens is 340 g/mol. The zero-order valence-corrected chi connectivity index (χ0v) is 16.7. The van der Waals surface area contributed by atoms with Gasteiger partial charge in [0.15, 0.2) is 0 Å². The van der Waals surface area contributed by atoms with Crippen LogP contribution in [-0.2, 0) is 4.74 Å². The average molecular weight is 371 g/mol. The van der Waals surface area contributed by atoms with Gasteiger partial charge in [0.1, 0.15) is 0 Å². The first-order valence-corrected chi connectivity index (χ1v) is 10.6. The number of hydrogen-bond acceptors (Lipinski definition) is 1. The molecule has 0 aromatic heterocycles. The average Bonchev–Trinajstić information content (AvgIpc) is 2.69. The summed E-state index contributed by atoms with van der Waals surface area (Å²) in [6.07, 6.45) is 9.39. The Morgan fingerprint density at radius 1 is 0.846 bits per heavy atom. The molecule has 1 saturated carbocycles. The van der Waals surface area contributed by atoms with Gasteiger partial charge in [0.25, 0.3) is 0 Å². The Morgan fingerprint density at radius 2 is 1.46 bits per heavy atom. The highest BCUT2D eigenvalue weighted by atomic mass is 35.5. The Morgan fingerprint density at radius 3 is 2.08 bits per heavy atom. The monoisotopic (exact) mass is 370 g/mol. The van der Waals surface area contributed by atoms with Crippen molar-refractivity contribution >= 4 is 11.6 Å². The molecule has 1 fully saturated rings. The van der Waals surface area contributed by atoms with E-state index in [2.05, 4.69) is 43.3 Å². The molecule has 3 rings (SSSR count). The second-order valence-electron chi connectivity index (χ2n) is 7.54. The van der Waals surface area contributed by atoms with Crippen LogP contribution >= 0.6 is 11.6 Å². The highest BCUT2D eigenvalue weighted by Gasteiger charge is 2.22. The van der Waals surface area contributed by atoms with Crippen molar-refractivity contribution in [2.75, 3.05) is 13.2 Å². The Labute approximate surface area is 163 Å². The Kier molecular flexibility index (Phi) is 7.58. The zero-order chi connectivity index (χ0) is 18.2. The molecule has 26 heavy (non-hydrogen) atoms. The summed E-state index contributed by atoms with van der Waals surface area (Å²) in [4.78, 5) is 0. The van der Waals surface area contributed by atoms with Gasteiger partial charge >= 0.3 is 0 Å². The van der Waals surface area contributed by atoms with Crippen molar-refractivity contribution in [3.63, 3.8) is 0 Å². The molecule has 1 aliphatic carbocycles. The van der Waals surface area contributed by atoms with Crippen LogP contribution in [-0.4, -0.2) is 13.2 Å². The third-order valence-corrected chi connectivity index (χ3v) is 6.01. The lowest BCUT2D eigenvalue weighted by molar-refractivity contribution is 0.140. The van der Waals surface area contributed by atoms with Crippen LogP contribution in [0.2, 0.25) is 5.02 Å². The normalized spacial score (nSPS) is 20.2. The standard InChI is InChI=1S/C24H31ClO/c1-2-26-18-4-3-5-19-6-8-20(9-7-19)21-10-12-22(13-11-21)23-14-16-24(25)17-15-23/h10-17,19-20H,2-9,18H2,1H3. The topological polar surface area (TPSA) is 9.23 Å². The van der Waals surface area contributed by atoms with Crippen molar-refractivity contribution < 1.29 is 4.74 Å². The predicted octanol–water partition coefficient (Wildman–Crippen LogP) is 7.49. The van der Waals surface area contributed by atoms with E-state index in [0.717, 1.165) is 30.1 Å². The van der Waals surface area contributed by atoms with Gasteiger partial charge in [0, 0.05) is 18.2 Å². The minimum Gasteiger partial charge on any atom is -0.382 e. The molecule has 1 nitrogen and oxygen atoms in total. The van der Waals surface area contributed by atoms with Crippen LogP contribution in [0.5, 0.6) is 0 Å².